The van der Waals surface area contributed by atoms with E-state index in [9.17, 15) is 4.79 Å². The van der Waals surface area contributed by atoms with Gasteiger partial charge in [-0.1, -0.05) is 0 Å². The van der Waals surface area contributed by atoms with E-state index in [4.69, 9.17) is 9.47 Å². The molecule has 2 fully saturated rings. The van der Waals surface area contributed by atoms with E-state index >= 15 is 0 Å². The molecule has 2 saturated heterocycles. The minimum atomic E-state index is -0.236. The molecule has 11 heteroatoms. The van der Waals surface area contributed by atoms with Crippen molar-refractivity contribution in [3.8, 4) is 17.6 Å². The quantitative estimate of drug-likeness (QED) is 0.370. The fourth-order valence-corrected chi connectivity index (χ4v) is 5.47. The Morgan fingerprint density at radius 2 is 2.12 bits per heavy atom. The van der Waals surface area contributed by atoms with E-state index in [0.29, 0.717) is 30.4 Å². The second kappa shape index (κ2) is 11.5. The van der Waals surface area contributed by atoms with Crippen LogP contribution in [0.15, 0.2) is 43.0 Å². The van der Waals surface area contributed by atoms with E-state index in [-0.39, 0.29) is 18.5 Å². The normalized spacial score (nSPS) is 19.5. The molecule has 1 N–H and O–H groups in total. The molecular weight excluding hydrogens is 508 g/mol. The number of aryl methyl sites for hydroxylation is 1. The Kier molecular flexibility index (Phi) is 7.44. The van der Waals surface area contributed by atoms with Gasteiger partial charge in [-0.05, 0) is 43.2 Å². The summed E-state index contributed by atoms with van der Waals surface area (Å²) in [6, 6.07) is 5.49. The van der Waals surface area contributed by atoms with Crippen LogP contribution in [-0.2, 0) is 16.1 Å². The highest BCUT2D eigenvalue weighted by molar-refractivity contribution is 5.82. The lowest BCUT2D eigenvalue weighted by Crippen LogP contribution is -2.52. The number of nitrogens with one attached hydrogen (secondary N) is 1. The number of hydrogen-bond donors (Lipinski definition) is 1. The maximum atomic E-state index is 13.9. The standard InChI is InChI=1S/C29H32N8O3/c1-20-33-25-6-5-24(39-2)13-26(25)37(20)18-28(38)36-11-10-35(16-21-7-12-40-19-21)17-27(36)29-32-15-23(34-29)4-3-22-14-30-8-9-31-22/h5-6,8-9,13-15,21,27H,7,10-12,16-19H2,1-2H3,(H,32,34)/t21?,27-/m0/s1. The minimum Gasteiger partial charge on any atom is -0.497 e. The van der Waals surface area contributed by atoms with Gasteiger partial charge in [0.25, 0.3) is 0 Å². The number of rotatable bonds is 6. The molecule has 0 radical (unpaired) electrons. The second-order valence-electron chi connectivity index (χ2n) is 10.2. The first-order chi connectivity index (χ1) is 19.6. The van der Waals surface area contributed by atoms with Crippen LogP contribution in [-0.4, -0.2) is 91.7 Å². The summed E-state index contributed by atoms with van der Waals surface area (Å²) >= 11 is 0. The summed E-state index contributed by atoms with van der Waals surface area (Å²) in [7, 11) is 1.64. The van der Waals surface area contributed by atoms with Gasteiger partial charge in [-0.15, -0.1) is 0 Å². The van der Waals surface area contributed by atoms with Crippen LogP contribution in [0.2, 0.25) is 0 Å². The van der Waals surface area contributed by atoms with Crippen molar-refractivity contribution in [2.24, 2.45) is 5.92 Å². The van der Waals surface area contributed by atoms with Crippen molar-refractivity contribution in [2.75, 3.05) is 46.5 Å². The van der Waals surface area contributed by atoms with Gasteiger partial charge in [-0.2, -0.15) is 0 Å². The number of H-pyrrole nitrogens is 1. The number of piperazine rings is 1. The maximum absolute atomic E-state index is 13.9. The highest BCUT2D eigenvalue weighted by atomic mass is 16.5. The minimum absolute atomic E-state index is 0.0164. The van der Waals surface area contributed by atoms with E-state index < -0.39 is 0 Å². The van der Waals surface area contributed by atoms with Crippen molar-refractivity contribution in [3.63, 3.8) is 0 Å². The molecule has 4 aromatic rings. The number of hydrogen-bond acceptors (Lipinski definition) is 8. The average molecular weight is 541 g/mol. The lowest BCUT2D eigenvalue weighted by Gasteiger charge is -2.41. The largest absolute Gasteiger partial charge is 0.497 e. The molecule has 3 aromatic heterocycles. The van der Waals surface area contributed by atoms with E-state index in [1.54, 1.807) is 31.9 Å². The molecule has 1 unspecified atom stereocenters. The monoisotopic (exact) mass is 540 g/mol. The smallest absolute Gasteiger partial charge is 0.243 e. The number of amides is 1. The Morgan fingerprint density at radius 3 is 2.92 bits per heavy atom. The first-order valence-corrected chi connectivity index (χ1v) is 13.5. The van der Waals surface area contributed by atoms with Gasteiger partial charge in [0.05, 0.1) is 37.1 Å². The molecule has 1 aromatic carbocycles. The number of nitrogens with zero attached hydrogens (tertiary/aromatic N) is 7. The zero-order valence-corrected chi connectivity index (χ0v) is 22.7. The van der Waals surface area contributed by atoms with Gasteiger partial charge in [0.15, 0.2) is 0 Å². The van der Waals surface area contributed by atoms with Crippen molar-refractivity contribution < 1.29 is 14.3 Å². The van der Waals surface area contributed by atoms with Crippen LogP contribution in [0.5, 0.6) is 5.75 Å². The number of methoxy groups -OCH3 is 1. The Morgan fingerprint density at radius 1 is 1.20 bits per heavy atom. The lowest BCUT2D eigenvalue weighted by molar-refractivity contribution is -0.137. The zero-order chi connectivity index (χ0) is 27.5. The van der Waals surface area contributed by atoms with Gasteiger partial charge in [0.2, 0.25) is 5.91 Å². The molecule has 5 heterocycles. The number of aromatic amines is 1. The molecule has 2 aliphatic rings. The second-order valence-corrected chi connectivity index (χ2v) is 10.2. The molecule has 0 spiro atoms. The lowest BCUT2D eigenvalue weighted by atomic mass is 10.1. The molecule has 2 atom stereocenters. The predicted molar refractivity (Wildman–Crippen MR) is 147 cm³/mol. The summed E-state index contributed by atoms with van der Waals surface area (Å²) in [5.41, 5.74) is 2.96. The van der Waals surface area contributed by atoms with Crippen LogP contribution in [0.1, 0.15) is 35.5 Å². The van der Waals surface area contributed by atoms with E-state index in [1.807, 2.05) is 34.6 Å². The van der Waals surface area contributed by atoms with Gasteiger partial charge in [-0.3, -0.25) is 14.7 Å². The fraction of sp³-hybridized carbons (Fsp3) is 0.414. The van der Waals surface area contributed by atoms with Crippen molar-refractivity contribution >= 4 is 16.9 Å². The van der Waals surface area contributed by atoms with Gasteiger partial charge < -0.3 is 23.9 Å². The average Bonchev–Trinajstić information content (AvgIpc) is 3.73. The molecule has 11 nitrogen and oxygen atoms in total. The van der Waals surface area contributed by atoms with Gasteiger partial charge in [-0.25, -0.2) is 15.0 Å². The van der Waals surface area contributed by atoms with Gasteiger partial charge >= 0.3 is 0 Å². The van der Waals surface area contributed by atoms with Crippen molar-refractivity contribution in [2.45, 2.75) is 25.9 Å². The number of benzene rings is 1. The van der Waals surface area contributed by atoms with Crippen LogP contribution in [0, 0.1) is 24.7 Å². The Labute approximate surface area is 232 Å². The Balaban J connectivity index is 1.25. The third-order valence-electron chi connectivity index (χ3n) is 7.56. The van der Waals surface area contributed by atoms with E-state index in [2.05, 4.69) is 41.7 Å². The molecule has 40 heavy (non-hydrogen) atoms. The third kappa shape index (κ3) is 5.54. The maximum Gasteiger partial charge on any atom is 0.243 e. The summed E-state index contributed by atoms with van der Waals surface area (Å²) in [6.45, 7) is 6.76. The molecule has 0 bridgehead atoms. The van der Waals surface area contributed by atoms with Crippen molar-refractivity contribution in [1.82, 2.24) is 39.3 Å². The van der Waals surface area contributed by atoms with E-state index in [1.165, 1.54) is 0 Å². The van der Waals surface area contributed by atoms with Crippen LogP contribution in [0.4, 0.5) is 0 Å². The molecule has 0 saturated carbocycles. The first-order valence-electron chi connectivity index (χ1n) is 13.5. The molecular formula is C29H32N8O3. The van der Waals surface area contributed by atoms with Crippen LogP contribution in [0.3, 0.4) is 0 Å². The summed E-state index contributed by atoms with van der Waals surface area (Å²) in [5, 5.41) is 0. The summed E-state index contributed by atoms with van der Waals surface area (Å²) < 4.78 is 13.0. The molecule has 6 rings (SSSR count). The number of ether oxygens (including phenoxy) is 2. The predicted octanol–water partition coefficient (Wildman–Crippen LogP) is 2.19. The Hall–Kier alpha value is -4.27. The molecule has 2 aliphatic heterocycles. The van der Waals surface area contributed by atoms with Crippen LogP contribution in [0.25, 0.3) is 11.0 Å². The fourth-order valence-electron chi connectivity index (χ4n) is 5.47. The van der Waals surface area contributed by atoms with Gasteiger partial charge in [0.1, 0.15) is 41.4 Å². The highest BCUT2D eigenvalue weighted by Crippen LogP contribution is 2.27. The zero-order valence-electron chi connectivity index (χ0n) is 22.7. The van der Waals surface area contributed by atoms with Gasteiger partial charge in [0, 0.05) is 51.2 Å². The van der Waals surface area contributed by atoms with Crippen molar-refractivity contribution in [1.29, 1.82) is 0 Å². The SMILES string of the molecule is COc1ccc2nc(C)n(CC(=O)N3CCN(CC4CCOC4)C[C@H]3c3ncc(C#Cc4cnccn4)[nH]3)c2c1. The molecule has 0 aliphatic carbocycles. The Bertz CT molecular complexity index is 1550. The topological polar surface area (TPSA) is 114 Å². The molecule has 206 valence electrons. The third-order valence-corrected chi connectivity index (χ3v) is 7.56. The van der Waals surface area contributed by atoms with E-state index in [0.717, 1.165) is 61.2 Å². The summed E-state index contributed by atoms with van der Waals surface area (Å²) in [6.07, 6.45) is 7.63. The molecule has 1 amide bonds. The number of carbonyl (C=O) groups is 1. The van der Waals surface area contributed by atoms with Crippen LogP contribution < -0.4 is 4.74 Å². The number of aromatic nitrogens is 6. The number of fused-ring (bicyclic) bond motifs is 1. The van der Waals surface area contributed by atoms with Crippen LogP contribution >= 0.6 is 0 Å². The number of carbonyl (C=O) groups excluding carboxylic acids is 1. The summed E-state index contributed by atoms with van der Waals surface area (Å²) in [4.78, 5) is 39.2. The number of imidazole rings is 2. The first kappa shape index (κ1) is 26.0. The van der Waals surface area contributed by atoms with Crippen molar-refractivity contribution in [3.05, 3.63) is 66.0 Å². The highest BCUT2D eigenvalue weighted by Gasteiger charge is 2.35. The summed E-state index contributed by atoms with van der Waals surface area (Å²) in [5.74, 6) is 8.86.